The molecular formula is C20H17ClIN5O3S. The number of alkyl halides is 1. The average Bonchev–Trinajstić information content (AvgIpc) is 3.43. The third kappa shape index (κ3) is 3.31. The monoisotopic (exact) mass is 569 g/mol. The third-order valence-corrected chi connectivity index (χ3v) is 7.64. The summed E-state index contributed by atoms with van der Waals surface area (Å²) >= 11 is 9.81. The Morgan fingerprint density at radius 1 is 1.32 bits per heavy atom. The minimum absolute atomic E-state index is 0.0729. The van der Waals surface area contributed by atoms with Gasteiger partial charge in [-0.25, -0.2) is 19.7 Å². The van der Waals surface area contributed by atoms with Gasteiger partial charge in [0.15, 0.2) is 5.82 Å². The van der Waals surface area contributed by atoms with E-state index in [0.717, 1.165) is 31.5 Å². The fourth-order valence-electron chi connectivity index (χ4n) is 3.96. The number of carbonyl (C=O) groups excluding carboxylic acids is 2. The summed E-state index contributed by atoms with van der Waals surface area (Å²) in [5, 5.41) is 4.06. The normalized spacial score (nSPS) is 15.5. The van der Waals surface area contributed by atoms with Crippen LogP contribution in [0.15, 0.2) is 18.5 Å². The first-order valence-corrected chi connectivity index (χ1v) is 12.4. The molecule has 0 spiro atoms. The summed E-state index contributed by atoms with van der Waals surface area (Å²) in [6.07, 6.45) is 3.41. The second kappa shape index (κ2) is 8.06. The molecule has 5 rings (SSSR count). The average molecular weight is 570 g/mol. The number of likely N-dealkylation sites (tertiary alicyclic amines) is 1. The minimum Gasteiger partial charge on any atom is -0.495 e. The topological polar surface area (TPSA) is 87.7 Å². The number of hydrogen-bond donors (Lipinski definition) is 1. The minimum atomic E-state index is -0.392. The van der Waals surface area contributed by atoms with Gasteiger partial charge in [0, 0.05) is 23.6 Å². The van der Waals surface area contributed by atoms with Crippen molar-refractivity contribution in [2.45, 2.75) is 17.3 Å². The maximum Gasteiger partial charge on any atom is 0.332 e. The lowest BCUT2D eigenvalue weighted by Crippen LogP contribution is -2.36. The molecule has 0 unspecified atom stereocenters. The zero-order valence-electron chi connectivity index (χ0n) is 16.4. The van der Waals surface area contributed by atoms with Crippen LogP contribution >= 0.6 is 45.5 Å². The number of thiophene rings is 1. The van der Waals surface area contributed by atoms with E-state index >= 15 is 0 Å². The molecule has 1 aromatic carbocycles. The van der Waals surface area contributed by atoms with E-state index in [4.69, 9.17) is 16.3 Å². The van der Waals surface area contributed by atoms with Crippen molar-refractivity contribution < 1.29 is 14.3 Å². The van der Waals surface area contributed by atoms with Gasteiger partial charge in [-0.3, -0.25) is 4.79 Å². The molecule has 0 radical (unpaired) electrons. The number of nitrogens with one attached hydrogen (secondary N) is 1. The van der Waals surface area contributed by atoms with E-state index in [1.807, 2.05) is 4.90 Å². The van der Waals surface area contributed by atoms with Crippen LogP contribution < -0.4 is 15.0 Å². The Balaban J connectivity index is 1.69. The Morgan fingerprint density at radius 2 is 2.10 bits per heavy atom. The smallest absolute Gasteiger partial charge is 0.332 e. The van der Waals surface area contributed by atoms with E-state index in [1.165, 1.54) is 29.7 Å². The number of methoxy groups -OCH3 is 1. The second-order valence-electron chi connectivity index (χ2n) is 7.20. The molecule has 31 heavy (non-hydrogen) atoms. The quantitative estimate of drug-likeness (QED) is 0.344. The first-order chi connectivity index (χ1) is 15.0. The largest absolute Gasteiger partial charge is 0.495 e. The first kappa shape index (κ1) is 20.7. The van der Waals surface area contributed by atoms with Gasteiger partial charge in [0.25, 0.3) is 5.91 Å². The number of benzene rings is 1. The summed E-state index contributed by atoms with van der Waals surface area (Å²) in [4.78, 5) is 39.7. The maximum absolute atomic E-state index is 13.3. The van der Waals surface area contributed by atoms with Crippen molar-refractivity contribution in [1.82, 2.24) is 14.9 Å². The molecule has 1 fully saturated rings. The van der Waals surface area contributed by atoms with Crippen molar-refractivity contribution in [3.63, 3.8) is 0 Å². The number of nitrogens with zero attached hydrogens (tertiary/aromatic N) is 4. The molecule has 1 N–H and O–H groups in total. The predicted octanol–water partition coefficient (Wildman–Crippen LogP) is 5.21. The number of hydrogen-bond acceptors (Lipinski definition) is 6. The predicted molar refractivity (Wildman–Crippen MR) is 129 cm³/mol. The maximum atomic E-state index is 13.3. The molecule has 2 aromatic heterocycles. The highest BCUT2D eigenvalue weighted by molar-refractivity contribution is 14.1. The zero-order valence-corrected chi connectivity index (χ0v) is 20.2. The van der Waals surface area contributed by atoms with Crippen molar-refractivity contribution in [2.24, 2.45) is 0 Å². The lowest BCUT2D eigenvalue weighted by Gasteiger charge is -2.29. The fourth-order valence-corrected chi connectivity index (χ4v) is 5.89. The van der Waals surface area contributed by atoms with Crippen LogP contribution in [0.3, 0.4) is 0 Å². The molecule has 2 aliphatic rings. The van der Waals surface area contributed by atoms with E-state index in [0.29, 0.717) is 47.5 Å². The molecule has 0 saturated carbocycles. The number of amides is 3. The van der Waals surface area contributed by atoms with E-state index in [9.17, 15) is 9.59 Å². The molecule has 11 heteroatoms. The van der Waals surface area contributed by atoms with Crippen molar-refractivity contribution in [3.8, 4) is 5.75 Å². The molecule has 0 atom stereocenters. The Kier molecular flexibility index (Phi) is 5.39. The Labute approximate surface area is 200 Å². The second-order valence-corrected chi connectivity index (χ2v) is 9.37. The van der Waals surface area contributed by atoms with E-state index < -0.39 is 6.03 Å². The summed E-state index contributed by atoms with van der Waals surface area (Å²) in [6.45, 7) is 1.46. The van der Waals surface area contributed by atoms with Gasteiger partial charge in [0.2, 0.25) is 0 Å². The number of carbonyl (C=O) groups is 2. The van der Waals surface area contributed by atoms with Gasteiger partial charge in [-0.15, -0.1) is 11.3 Å². The molecule has 3 amide bonds. The molecule has 160 valence electrons. The van der Waals surface area contributed by atoms with Gasteiger partial charge in [0.1, 0.15) is 21.8 Å². The molecule has 8 nitrogen and oxygen atoms in total. The molecule has 3 aromatic rings. The SMILES string of the molecule is COc1cc(N2C(=O)Nc3c(C(=O)N4CCCC4)sc4ncnc2c34)c(CI)cc1Cl. The number of aromatic nitrogens is 2. The molecule has 2 aliphatic heterocycles. The summed E-state index contributed by atoms with van der Waals surface area (Å²) in [7, 11) is 1.53. The van der Waals surface area contributed by atoms with Crippen LogP contribution in [-0.4, -0.2) is 47.0 Å². The lowest BCUT2D eigenvalue weighted by atomic mass is 10.1. The lowest BCUT2D eigenvalue weighted by molar-refractivity contribution is 0.0798. The summed E-state index contributed by atoms with van der Waals surface area (Å²) in [5.74, 6) is 0.830. The van der Waals surface area contributed by atoms with Crippen molar-refractivity contribution >= 4 is 84.9 Å². The third-order valence-electron chi connectivity index (χ3n) is 5.44. The van der Waals surface area contributed by atoms with Gasteiger partial charge in [-0.2, -0.15) is 0 Å². The van der Waals surface area contributed by atoms with Gasteiger partial charge in [0.05, 0.1) is 28.9 Å². The number of ether oxygens (including phenoxy) is 1. The van der Waals surface area contributed by atoms with Crippen molar-refractivity contribution in [2.75, 3.05) is 30.4 Å². The Bertz CT molecular complexity index is 1230. The molecule has 0 bridgehead atoms. The highest BCUT2D eigenvalue weighted by Gasteiger charge is 2.36. The van der Waals surface area contributed by atoms with Gasteiger partial charge in [-0.05, 0) is 24.5 Å². The standard InChI is InChI=1S/C20H17ClIN5O3S/c1-30-13-7-12(10(8-22)6-11(13)21)27-17-14-15(25-20(27)29)16(31-18(14)24-9-23-17)19(28)26-4-2-3-5-26/h6-7,9H,2-5,8H2,1H3,(H,25,29). The summed E-state index contributed by atoms with van der Waals surface area (Å²) in [6, 6.07) is 3.13. The molecule has 0 aliphatic carbocycles. The number of urea groups is 1. The van der Waals surface area contributed by atoms with Gasteiger partial charge in [-0.1, -0.05) is 34.2 Å². The fraction of sp³-hybridized carbons (Fsp3) is 0.300. The highest BCUT2D eigenvalue weighted by Crippen LogP contribution is 2.47. The van der Waals surface area contributed by atoms with E-state index in [1.54, 1.807) is 12.1 Å². The Hall–Kier alpha value is -2.18. The van der Waals surface area contributed by atoms with Crippen LogP contribution in [0, 0.1) is 0 Å². The van der Waals surface area contributed by atoms with Crippen LogP contribution in [0.5, 0.6) is 5.75 Å². The number of halogens is 2. The van der Waals surface area contributed by atoms with Crippen molar-refractivity contribution in [3.05, 3.63) is 33.9 Å². The van der Waals surface area contributed by atoms with Crippen LogP contribution in [0.2, 0.25) is 5.02 Å². The van der Waals surface area contributed by atoms with Crippen molar-refractivity contribution in [1.29, 1.82) is 0 Å². The summed E-state index contributed by atoms with van der Waals surface area (Å²) < 4.78 is 6.00. The molecule has 4 heterocycles. The number of rotatable bonds is 4. The van der Waals surface area contributed by atoms with Crippen LogP contribution in [-0.2, 0) is 4.43 Å². The Morgan fingerprint density at radius 3 is 2.81 bits per heavy atom. The highest BCUT2D eigenvalue weighted by atomic mass is 127. The first-order valence-electron chi connectivity index (χ1n) is 9.63. The van der Waals surface area contributed by atoms with Crippen LogP contribution in [0.4, 0.5) is 22.0 Å². The zero-order chi connectivity index (χ0) is 21.7. The van der Waals surface area contributed by atoms with Crippen LogP contribution in [0.25, 0.3) is 10.2 Å². The van der Waals surface area contributed by atoms with E-state index in [-0.39, 0.29) is 5.91 Å². The number of anilines is 3. The van der Waals surface area contributed by atoms with Gasteiger partial charge < -0.3 is 15.0 Å². The van der Waals surface area contributed by atoms with Crippen LogP contribution in [0.1, 0.15) is 28.1 Å². The molecule has 1 saturated heterocycles. The molecular weight excluding hydrogens is 553 g/mol. The summed E-state index contributed by atoms with van der Waals surface area (Å²) in [5.41, 5.74) is 1.98. The van der Waals surface area contributed by atoms with Gasteiger partial charge >= 0.3 is 6.03 Å². The van der Waals surface area contributed by atoms with E-state index in [2.05, 4.69) is 37.9 Å².